The Morgan fingerprint density at radius 3 is 2.35 bits per heavy atom. The Morgan fingerprint density at radius 1 is 1.08 bits per heavy atom. The number of ether oxygens (including phenoxy) is 1. The molecule has 3 rings (SSSR count). The fourth-order valence-corrected chi connectivity index (χ4v) is 3.47. The topological polar surface area (TPSA) is 39.2 Å². The molecule has 3 aromatic rings. The van der Waals surface area contributed by atoms with Crippen molar-refractivity contribution in [2.45, 2.75) is 0 Å². The molecule has 0 radical (unpaired) electrons. The number of hydrogen-bond donors (Lipinski definition) is 0. The molecule has 0 spiro atoms. The highest BCUT2D eigenvalue weighted by Crippen LogP contribution is 2.41. The van der Waals surface area contributed by atoms with E-state index in [1.807, 2.05) is 24.3 Å². The second-order valence-corrected chi connectivity index (χ2v) is 6.91. The van der Waals surface area contributed by atoms with Crippen molar-refractivity contribution in [1.82, 2.24) is 4.98 Å². The summed E-state index contributed by atoms with van der Waals surface area (Å²) in [7, 11) is 1.32. The maximum absolute atomic E-state index is 14.2. The molecule has 0 aliphatic heterocycles. The van der Waals surface area contributed by atoms with Crippen molar-refractivity contribution in [3.05, 3.63) is 68.4 Å². The van der Waals surface area contributed by atoms with Crippen molar-refractivity contribution in [3.8, 4) is 28.3 Å². The van der Waals surface area contributed by atoms with E-state index in [0.29, 0.717) is 27.5 Å². The van der Waals surface area contributed by atoms with Gasteiger partial charge in [-0.25, -0.2) is 9.37 Å². The number of aldehydes is 1. The summed E-state index contributed by atoms with van der Waals surface area (Å²) in [6.45, 7) is 0. The highest BCUT2D eigenvalue weighted by molar-refractivity contribution is 9.10. The quantitative estimate of drug-likeness (QED) is 0.425. The molecule has 0 bridgehead atoms. The molecule has 26 heavy (non-hydrogen) atoms. The van der Waals surface area contributed by atoms with Crippen molar-refractivity contribution in [1.29, 1.82) is 0 Å². The maximum Gasteiger partial charge on any atom is 0.227 e. The normalized spacial score (nSPS) is 10.7. The molecule has 0 amide bonds. The summed E-state index contributed by atoms with van der Waals surface area (Å²) in [4.78, 5) is 15.2. The number of rotatable bonds is 4. The summed E-state index contributed by atoms with van der Waals surface area (Å²) in [5, 5.41) is 0.875. The van der Waals surface area contributed by atoms with Crippen LogP contribution in [0.15, 0.2) is 46.9 Å². The van der Waals surface area contributed by atoms with Gasteiger partial charge in [0.05, 0.1) is 22.8 Å². The van der Waals surface area contributed by atoms with E-state index in [2.05, 4.69) is 20.9 Å². The summed E-state index contributed by atoms with van der Waals surface area (Å²) in [6, 6.07) is 11.9. The first kappa shape index (κ1) is 18.8. The van der Waals surface area contributed by atoms with E-state index in [1.165, 1.54) is 7.11 Å². The summed E-state index contributed by atoms with van der Waals surface area (Å²) in [5.74, 6) is -0.833. The maximum atomic E-state index is 14.2. The van der Waals surface area contributed by atoms with E-state index < -0.39 is 5.82 Å². The third-order valence-corrected chi connectivity index (χ3v) is 5.50. The minimum absolute atomic E-state index is 0.100. The van der Waals surface area contributed by atoms with Crippen LogP contribution in [0.3, 0.4) is 0 Å². The van der Waals surface area contributed by atoms with Crippen LogP contribution < -0.4 is 4.74 Å². The largest absolute Gasteiger partial charge is 0.480 e. The molecule has 1 aromatic heterocycles. The van der Waals surface area contributed by atoms with Gasteiger partial charge in [-0.2, -0.15) is 0 Å². The zero-order chi connectivity index (χ0) is 18.8. The average Bonchev–Trinajstić information content (AvgIpc) is 2.63. The molecule has 0 saturated carbocycles. The second kappa shape index (κ2) is 7.74. The van der Waals surface area contributed by atoms with E-state index in [0.717, 1.165) is 16.1 Å². The van der Waals surface area contributed by atoms with Gasteiger partial charge in [-0.15, -0.1) is 0 Å². The van der Waals surface area contributed by atoms with Gasteiger partial charge in [0.25, 0.3) is 0 Å². The highest BCUT2D eigenvalue weighted by Gasteiger charge is 2.18. The molecule has 0 N–H and O–H groups in total. The highest BCUT2D eigenvalue weighted by atomic mass is 79.9. The second-order valence-electron chi connectivity index (χ2n) is 5.30. The van der Waals surface area contributed by atoms with Crippen molar-refractivity contribution in [3.63, 3.8) is 0 Å². The number of hydrogen-bond acceptors (Lipinski definition) is 3. The smallest absolute Gasteiger partial charge is 0.227 e. The Bertz CT molecular complexity index is 1010. The zero-order valence-electron chi connectivity index (χ0n) is 13.4. The standard InChI is InChI=1S/C19H11BrCl2FNO2/c1-26-19-13(9-25)15(23)8-16(24-19)12-6-2-4-10(17(12)21)11-5-3-7-14(20)18(11)22/h2-9H,1H3. The van der Waals surface area contributed by atoms with Gasteiger partial charge in [0, 0.05) is 27.2 Å². The summed E-state index contributed by atoms with van der Waals surface area (Å²) >= 11 is 16.3. The fourth-order valence-electron chi connectivity index (χ4n) is 2.55. The minimum atomic E-state index is -0.733. The number of carbonyl (C=O) groups excluding carboxylic acids is 1. The van der Waals surface area contributed by atoms with Crippen molar-refractivity contribution >= 4 is 45.4 Å². The molecule has 0 aliphatic rings. The van der Waals surface area contributed by atoms with Gasteiger partial charge in [-0.3, -0.25) is 4.79 Å². The van der Waals surface area contributed by atoms with Crippen LogP contribution in [0.5, 0.6) is 5.88 Å². The molecule has 7 heteroatoms. The number of nitrogens with zero attached hydrogens (tertiary/aromatic N) is 1. The van der Waals surface area contributed by atoms with Gasteiger partial charge in [0.1, 0.15) is 11.4 Å². The fraction of sp³-hybridized carbons (Fsp3) is 0.0526. The summed E-state index contributed by atoms with van der Waals surface area (Å²) < 4.78 is 20.0. The van der Waals surface area contributed by atoms with Crippen LogP contribution in [0.1, 0.15) is 10.4 Å². The van der Waals surface area contributed by atoms with Crippen molar-refractivity contribution in [2.75, 3.05) is 7.11 Å². The Labute approximate surface area is 167 Å². The van der Waals surface area contributed by atoms with Crippen LogP contribution in [0, 0.1) is 5.82 Å². The lowest BCUT2D eigenvalue weighted by Crippen LogP contribution is -2.00. The number of aromatic nitrogens is 1. The Morgan fingerprint density at radius 2 is 1.69 bits per heavy atom. The van der Waals surface area contributed by atoms with E-state index in [4.69, 9.17) is 27.9 Å². The lowest BCUT2D eigenvalue weighted by atomic mass is 10.0. The first-order chi connectivity index (χ1) is 12.5. The Kier molecular flexibility index (Phi) is 5.61. The number of pyridine rings is 1. The van der Waals surface area contributed by atoms with Gasteiger partial charge >= 0.3 is 0 Å². The predicted molar refractivity (Wildman–Crippen MR) is 105 cm³/mol. The molecule has 0 aliphatic carbocycles. The van der Waals surface area contributed by atoms with Crippen LogP contribution in [0.4, 0.5) is 4.39 Å². The molecule has 0 saturated heterocycles. The number of carbonyl (C=O) groups is 1. The third kappa shape index (κ3) is 3.34. The molecule has 0 fully saturated rings. The number of benzene rings is 2. The molecule has 132 valence electrons. The number of halogens is 4. The molecule has 0 atom stereocenters. The van der Waals surface area contributed by atoms with Gasteiger partial charge in [0.15, 0.2) is 6.29 Å². The van der Waals surface area contributed by atoms with Crippen molar-refractivity contribution < 1.29 is 13.9 Å². The molecule has 1 heterocycles. The lowest BCUT2D eigenvalue weighted by Gasteiger charge is -2.13. The minimum Gasteiger partial charge on any atom is -0.480 e. The zero-order valence-corrected chi connectivity index (χ0v) is 16.5. The summed E-state index contributed by atoms with van der Waals surface area (Å²) in [5.41, 5.74) is 1.91. The molecular formula is C19H11BrCl2FNO2. The molecule has 3 nitrogen and oxygen atoms in total. The van der Waals surface area contributed by atoms with Crippen LogP contribution in [-0.4, -0.2) is 18.4 Å². The van der Waals surface area contributed by atoms with Gasteiger partial charge in [-0.05, 0) is 22.0 Å². The lowest BCUT2D eigenvalue weighted by molar-refractivity contribution is 0.111. The molecule has 0 unspecified atom stereocenters. The monoisotopic (exact) mass is 453 g/mol. The third-order valence-electron chi connectivity index (χ3n) is 3.80. The SMILES string of the molecule is COc1nc(-c2cccc(-c3cccc(Br)c3Cl)c2Cl)cc(F)c1C=O. The summed E-state index contributed by atoms with van der Waals surface area (Å²) in [6.07, 6.45) is 0.365. The van der Waals surface area contributed by atoms with E-state index in [-0.39, 0.29) is 17.1 Å². The van der Waals surface area contributed by atoms with Crippen LogP contribution in [-0.2, 0) is 0 Å². The van der Waals surface area contributed by atoms with E-state index in [9.17, 15) is 9.18 Å². The predicted octanol–water partition coefficient (Wildman–Crippen LogP) is 6.45. The Balaban J connectivity index is 2.21. The molecular weight excluding hydrogens is 444 g/mol. The van der Waals surface area contributed by atoms with Crippen LogP contribution >= 0.6 is 39.1 Å². The van der Waals surface area contributed by atoms with Gasteiger partial charge in [0.2, 0.25) is 5.88 Å². The van der Waals surface area contributed by atoms with Gasteiger partial charge < -0.3 is 4.74 Å². The van der Waals surface area contributed by atoms with Crippen molar-refractivity contribution in [2.24, 2.45) is 0 Å². The van der Waals surface area contributed by atoms with E-state index >= 15 is 0 Å². The van der Waals surface area contributed by atoms with Crippen LogP contribution in [0.25, 0.3) is 22.4 Å². The van der Waals surface area contributed by atoms with E-state index in [1.54, 1.807) is 12.1 Å². The first-order valence-corrected chi connectivity index (χ1v) is 8.95. The molecule has 2 aromatic carbocycles. The first-order valence-electron chi connectivity index (χ1n) is 7.41. The van der Waals surface area contributed by atoms with Gasteiger partial charge in [-0.1, -0.05) is 53.5 Å². The Hall–Kier alpha value is -1.95. The van der Waals surface area contributed by atoms with Crippen LogP contribution in [0.2, 0.25) is 10.0 Å². The number of methoxy groups -OCH3 is 1. The average molecular weight is 455 g/mol.